The maximum atomic E-state index is 12.6. The monoisotopic (exact) mass is 226 g/mol. The van der Waals surface area contributed by atoms with Gasteiger partial charge in [-0.15, -0.1) is 11.3 Å². The van der Waals surface area contributed by atoms with Crippen LogP contribution in [0.5, 0.6) is 0 Å². The van der Waals surface area contributed by atoms with Crippen LogP contribution >= 0.6 is 11.3 Å². The molecule has 0 radical (unpaired) electrons. The fraction of sp³-hybridized carbons (Fsp3) is 0.167. The molecule has 1 rings (SSSR count). The van der Waals surface area contributed by atoms with Crippen LogP contribution in [0.15, 0.2) is 21.7 Å². The van der Waals surface area contributed by atoms with Crippen molar-refractivity contribution >= 4 is 28.1 Å². The first kappa shape index (κ1) is 10.3. The summed E-state index contributed by atoms with van der Waals surface area (Å²) in [5.74, 6) is -2.38. The molecule has 1 aromatic heterocycles. The lowest BCUT2D eigenvalue weighted by Crippen LogP contribution is -2.32. The predicted octanol–water partition coefficient (Wildman–Crippen LogP) is 1.53. The van der Waals surface area contributed by atoms with Gasteiger partial charge in [-0.05, 0) is 11.4 Å². The Bertz CT molecular complexity index is 334. The van der Waals surface area contributed by atoms with Gasteiger partial charge in [0.15, 0.2) is 0 Å². The molecule has 0 saturated heterocycles. The number of carbonyl (C=O) groups is 1. The van der Waals surface area contributed by atoms with Gasteiger partial charge in [0.2, 0.25) is 0 Å². The van der Waals surface area contributed by atoms with E-state index in [0.29, 0.717) is 0 Å². The number of halogens is 2. The van der Waals surface area contributed by atoms with E-state index in [1.54, 1.807) is 0 Å². The second-order valence-corrected chi connectivity index (χ2v) is 4.72. The lowest BCUT2D eigenvalue weighted by molar-refractivity contribution is -0.153. The Morgan fingerprint density at radius 1 is 1.62 bits per heavy atom. The first-order valence-electron chi connectivity index (χ1n) is 3.03. The number of alkyl halides is 2. The average molecular weight is 226 g/mol. The molecule has 0 spiro atoms. The topological polar surface area (TPSA) is 54.4 Å². The second-order valence-electron chi connectivity index (χ2n) is 2.02. The van der Waals surface area contributed by atoms with E-state index in [1.165, 1.54) is 17.5 Å². The Labute approximate surface area is 78.5 Å². The summed E-state index contributed by atoms with van der Waals surface area (Å²) in [6.45, 7) is 0. The van der Waals surface area contributed by atoms with Crippen molar-refractivity contribution in [2.75, 3.05) is 0 Å². The average Bonchev–Trinajstić information content (AvgIpc) is 2.54. The fourth-order valence-corrected chi connectivity index (χ4v) is 2.47. The normalized spacial score (nSPS) is 14.0. The second kappa shape index (κ2) is 3.51. The number of hydrogen-bond acceptors (Lipinski definition) is 3. The van der Waals surface area contributed by atoms with Gasteiger partial charge in [0, 0.05) is 0 Å². The van der Waals surface area contributed by atoms with Crippen molar-refractivity contribution in [2.45, 2.75) is 9.46 Å². The third-order valence-corrected chi connectivity index (χ3v) is 3.71. The van der Waals surface area contributed by atoms with Crippen molar-refractivity contribution in [1.29, 1.82) is 0 Å². The Morgan fingerprint density at radius 2 is 2.23 bits per heavy atom. The van der Waals surface area contributed by atoms with E-state index in [1.807, 2.05) is 0 Å². The van der Waals surface area contributed by atoms with Gasteiger partial charge in [-0.25, -0.2) is 9.00 Å². The zero-order valence-electron chi connectivity index (χ0n) is 6.07. The lowest BCUT2D eigenvalue weighted by atomic mass is 10.7. The molecule has 0 aliphatic carbocycles. The Kier molecular flexibility index (Phi) is 2.77. The Hall–Kier alpha value is -0.820. The molecule has 0 aliphatic rings. The van der Waals surface area contributed by atoms with Crippen LogP contribution in [0.3, 0.4) is 0 Å². The van der Waals surface area contributed by atoms with Gasteiger partial charge in [-0.1, -0.05) is 6.07 Å². The molecular weight excluding hydrogens is 222 g/mol. The molecule has 13 heavy (non-hydrogen) atoms. The Balaban J connectivity index is 2.98. The third kappa shape index (κ3) is 1.92. The van der Waals surface area contributed by atoms with Crippen LogP contribution in [0.1, 0.15) is 0 Å². The van der Waals surface area contributed by atoms with Crippen LogP contribution in [0, 0.1) is 0 Å². The summed E-state index contributed by atoms with van der Waals surface area (Å²) in [5.41, 5.74) is 0. The molecule has 1 heterocycles. The summed E-state index contributed by atoms with van der Waals surface area (Å²) >= 11 is 0.832. The van der Waals surface area contributed by atoms with Crippen LogP contribution in [-0.2, 0) is 15.6 Å². The zero-order chi connectivity index (χ0) is 10.1. The van der Waals surface area contributed by atoms with E-state index in [4.69, 9.17) is 5.11 Å². The van der Waals surface area contributed by atoms with Crippen LogP contribution in [0.2, 0.25) is 0 Å². The molecule has 0 aromatic carbocycles. The van der Waals surface area contributed by atoms with Crippen molar-refractivity contribution in [3.05, 3.63) is 17.5 Å². The minimum Gasteiger partial charge on any atom is -0.476 e. The van der Waals surface area contributed by atoms with Crippen LogP contribution in [0.25, 0.3) is 0 Å². The molecular formula is C6H4F2O3S2. The smallest absolute Gasteiger partial charge is 0.420 e. The van der Waals surface area contributed by atoms with Crippen LogP contribution < -0.4 is 0 Å². The first-order valence-corrected chi connectivity index (χ1v) is 5.06. The van der Waals surface area contributed by atoms with E-state index in [2.05, 4.69) is 0 Å². The molecule has 72 valence electrons. The highest BCUT2D eigenvalue weighted by atomic mass is 32.2. The van der Waals surface area contributed by atoms with Crippen LogP contribution in [-0.4, -0.2) is 20.5 Å². The molecule has 0 fully saturated rings. The van der Waals surface area contributed by atoms with Gasteiger partial charge in [-0.2, -0.15) is 8.78 Å². The summed E-state index contributed by atoms with van der Waals surface area (Å²) in [6.07, 6.45) is 0. The van der Waals surface area contributed by atoms with Gasteiger partial charge in [0.25, 0.3) is 0 Å². The van der Waals surface area contributed by atoms with Gasteiger partial charge < -0.3 is 5.11 Å². The van der Waals surface area contributed by atoms with Crippen molar-refractivity contribution < 1.29 is 22.9 Å². The van der Waals surface area contributed by atoms with Gasteiger partial charge in [-0.3, -0.25) is 0 Å². The van der Waals surface area contributed by atoms with Crippen molar-refractivity contribution in [2.24, 2.45) is 0 Å². The number of hydrogen-bond donors (Lipinski definition) is 1. The maximum absolute atomic E-state index is 12.6. The molecule has 1 unspecified atom stereocenters. The first-order chi connectivity index (χ1) is 5.96. The van der Waals surface area contributed by atoms with Crippen molar-refractivity contribution in [3.8, 4) is 0 Å². The number of carboxylic acids is 1. The molecule has 0 amide bonds. The van der Waals surface area contributed by atoms with E-state index in [0.717, 1.165) is 11.3 Å². The van der Waals surface area contributed by atoms with Crippen molar-refractivity contribution in [1.82, 2.24) is 0 Å². The highest BCUT2D eigenvalue weighted by Crippen LogP contribution is 2.27. The molecule has 3 nitrogen and oxygen atoms in total. The fourth-order valence-electron chi connectivity index (χ4n) is 0.575. The molecule has 1 aromatic rings. The molecule has 1 atom stereocenters. The van der Waals surface area contributed by atoms with E-state index in [9.17, 15) is 17.8 Å². The largest absolute Gasteiger partial charge is 0.476 e. The van der Waals surface area contributed by atoms with E-state index >= 15 is 0 Å². The van der Waals surface area contributed by atoms with E-state index in [-0.39, 0.29) is 4.21 Å². The maximum Gasteiger partial charge on any atom is 0.420 e. The summed E-state index contributed by atoms with van der Waals surface area (Å²) in [7, 11) is -2.81. The number of aliphatic carboxylic acids is 1. The van der Waals surface area contributed by atoms with Gasteiger partial charge >= 0.3 is 11.2 Å². The lowest BCUT2D eigenvalue weighted by Gasteiger charge is -2.08. The SMILES string of the molecule is O=C(O)C(F)(F)S(=O)c1cccs1. The molecule has 1 N–H and O–H groups in total. The predicted molar refractivity (Wildman–Crippen MR) is 43.3 cm³/mol. The minimum absolute atomic E-state index is 0.146. The van der Waals surface area contributed by atoms with Gasteiger partial charge in [0.1, 0.15) is 10.8 Å². The molecule has 0 bridgehead atoms. The standard InChI is InChI=1S/C6H4F2O3S2/c7-6(8,5(9)10)13(11)4-2-1-3-12-4/h1-3H,(H,9,10). The highest BCUT2D eigenvalue weighted by Gasteiger charge is 2.47. The number of rotatable bonds is 3. The number of thiophene rings is 1. The summed E-state index contributed by atoms with van der Waals surface area (Å²) in [4.78, 5) is 10.0. The third-order valence-electron chi connectivity index (χ3n) is 1.16. The van der Waals surface area contributed by atoms with Crippen molar-refractivity contribution in [3.63, 3.8) is 0 Å². The summed E-state index contributed by atoms with van der Waals surface area (Å²) < 4.78 is 36.0. The molecule has 0 aliphatic heterocycles. The van der Waals surface area contributed by atoms with Gasteiger partial charge in [0.05, 0.1) is 4.21 Å². The highest BCUT2D eigenvalue weighted by molar-refractivity contribution is 7.89. The molecule has 7 heteroatoms. The molecule has 0 saturated carbocycles. The summed E-state index contributed by atoms with van der Waals surface area (Å²) in [6, 6.07) is 2.63. The van der Waals surface area contributed by atoms with E-state index < -0.39 is 22.0 Å². The zero-order valence-corrected chi connectivity index (χ0v) is 7.70. The quantitative estimate of drug-likeness (QED) is 0.850. The Morgan fingerprint density at radius 3 is 2.62 bits per heavy atom. The minimum atomic E-state index is -4.22. The summed E-state index contributed by atoms with van der Waals surface area (Å²) in [5, 5.41) is 5.30. The number of carboxylic acid groups (broad SMARTS) is 1. The van der Waals surface area contributed by atoms with Crippen LogP contribution in [0.4, 0.5) is 8.78 Å².